The van der Waals surface area contributed by atoms with E-state index in [9.17, 15) is 4.79 Å². The highest BCUT2D eigenvalue weighted by Crippen LogP contribution is 2.26. The number of nitrogens with one attached hydrogen (secondary N) is 1. The molecular weight excluding hydrogens is 308 g/mol. The van der Waals surface area contributed by atoms with E-state index in [1.54, 1.807) is 7.11 Å². The molecule has 1 aliphatic heterocycles. The molecule has 6 nitrogen and oxygen atoms in total. The number of carbonyl (C=O) groups is 1. The number of ether oxygens (including phenoxy) is 2. The Morgan fingerprint density at radius 1 is 1.33 bits per heavy atom. The van der Waals surface area contributed by atoms with Crippen molar-refractivity contribution in [2.45, 2.75) is 19.6 Å². The number of morpholine rings is 1. The first kappa shape index (κ1) is 17.0. The van der Waals surface area contributed by atoms with Crippen LogP contribution in [0.5, 0.6) is 0 Å². The molecule has 3 rings (SSSR count). The van der Waals surface area contributed by atoms with Gasteiger partial charge in [0.05, 0.1) is 19.8 Å². The van der Waals surface area contributed by atoms with Crippen LogP contribution in [0, 0.1) is 0 Å². The van der Waals surface area contributed by atoms with Gasteiger partial charge in [-0.3, -0.25) is 9.69 Å². The lowest BCUT2D eigenvalue weighted by Gasteiger charge is -2.29. The van der Waals surface area contributed by atoms with Crippen LogP contribution in [0.2, 0.25) is 0 Å². The second kappa shape index (κ2) is 7.79. The number of furan rings is 1. The molecule has 1 amide bonds. The number of para-hydroxylation sites is 1. The molecule has 24 heavy (non-hydrogen) atoms. The predicted molar refractivity (Wildman–Crippen MR) is 91.1 cm³/mol. The Hall–Kier alpha value is -1.89. The van der Waals surface area contributed by atoms with Crippen LogP contribution >= 0.6 is 0 Å². The van der Waals surface area contributed by atoms with E-state index in [1.807, 2.05) is 31.2 Å². The number of carbonyl (C=O) groups excluding carboxylic acids is 1. The fourth-order valence-electron chi connectivity index (χ4n) is 3.08. The van der Waals surface area contributed by atoms with E-state index >= 15 is 0 Å². The summed E-state index contributed by atoms with van der Waals surface area (Å²) >= 11 is 0. The molecule has 2 heterocycles. The first-order chi connectivity index (χ1) is 11.7. The lowest BCUT2D eigenvalue weighted by atomic mass is 10.1. The summed E-state index contributed by atoms with van der Waals surface area (Å²) in [7, 11) is 1.62. The van der Waals surface area contributed by atoms with Gasteiger partial charge in [0, 0.05) is 43.7 Å². The van der Waals surface area contributed by atoms with Crippen molar-refractivity contribution >= 4 is 16.9 Å². The van der Waals surface area contributed by atoms with Gasteiger partial charge in [-0.2, -0.15) is 0 Å². The van der Waals surface area contributed by atoms with Crippen LogP contribution in [0.4, 0.5) is 0 Å². The van der Waals surface area contributed by atoms with Gasteiger partial charge in [0.2, 0.25) is 0 Å². The van der Waals surface area contributed by atoms with Gasteiger partial charge < -0.3 is 19.2 Å². The van der Waals surface area contributed by atoms with E-state index in [0.29, 0.717) is 18.0 Å². The molecular formula is C18H24N2O4. The lowest BCUT2D eigenvalue weighted by Crippen LogP contribution is -2.46. The second-order valence-corrected chi connectivity index (χ2v) is 6.13. The zero-order valence-electron chi connectivity index (χ0n) is 14.2. The number of benzene rings is 1. The van der Waals surface area contributed by atoms with E-state index in [1.165, 1.54) is 0 Å². The summed E-state index contributed by atoms with van der Waals surface area (Å²) in [5.74, 6) is 0.144. The van der Waals surface area contributed by atoms with Gasteiger partial charge in [0.15, 0.2) is 5.76 Å². The van der Waals surface area contributed by atoms with Crippen LogP contribution in [0.1, 0.15) is 23.0 Å². The van der Waals surface area contributed by atoms with Gasteiger partial charge in [-0.25, -0.2) is 0 Å². The molecule has 1 saturated heterocycles. The number of fused-ring (bicyclic) bond motifs is 1. The summed E-state index contributed by atoms with van der Waals surface area (Å²) in [6.07, 6.45) is 0. The molecule has 6 heteroatoms. The first-order valence-corrected chi connectivity index (χ1v) is 8.29. The number of rotatable bonds is 6. The Balaban J connectivity index is 1.71. The van der Waals surface area contributed by atoms with Crippen molar-refractivity contribution in [1.29, 1.82) is 0 Å². The minimum Gasteiger partial charge on any atom is -0.451 e. The van der Waals surface area contributed by atoms with Crippen molar-refractivity contribution in [2.24, 2.45) is 0 Å². The Bertz CT molecular complexity index is 691. The molecule has 0 saturated carbocycles. The summed E-state index contributed by atoms with van der Waals surface area (Å²) in [5.41, 5.74) is 1.50. The van der Waals surface area contributed by atoms with Gasteiger partial charge >= 0.3 is 0 Å². The molecule has 0 unspecified atom stereocenters. The standard InChI is InChI=1S/C18H24N2O4/c1-13(11-20-7-9-23-10-8-20)19-18(21)17-15(12-22-2)14-5-3-4-6-16(14)24-17/h3-6,13H,7-12H2,1-2H3,(H,19,21)/t13-/m1/s1. The highest BCUT2D eigenvalue weighted by Gasteiger charge is 2.22. The number of amides is 1. The molecule has 0 aliphatic carbocycles. The largest absolute Gasteiger partial charge is 0.451 e. The number of hydrogen-bond donors (Lipinski definition) is 1. The Labute approximate surface area is 141 Å². The average Bonchev–Trinajstić information content (AvgIpc) is 2.95. The van der Waals surface area contributed by atoms with E-state index in [4.69, 9.17) is 13.9 Å². The van der Waals surface area contributed by atoms with E-state index in [-0.39, 0.29) is 11.9 Å². The normalized spacial score (nSPS) is 17.1. The third-order valence-corrected chi connectivity index (χ3v) is 4.21. The topological polar surface area (TPSA) is 63.9 Å². The van der Waals surface area contributed by atoms with Crippen molar-refractivity contribution in [3.63, 3.8) is 0 Å². The quantitative estimate of drug-likeness (QED) is 0.877. The van der Waals surface area contributed by atoms with Gasteiger partial charge in [0.1, 0.15) is 5.58 Å². The summed E-state index contributed by atoms with van der Waals surface area (Å²) in [6, 6.07) is 7.66. The van der Waals surface area contributed by atoms with E-state index in [2.05, 4.69) is 10.2 Å². The second-order valence-electron chi connectivity index (χ2n) is 6.13. The lowest BCUT2D eigenvalue weighted by molar-refractivity contribution is 0.0341. The van der Waals surface area contributed by atoms with Gasteiger partial charge in [-0.05, 0) is 13.0 Å². The fourth-order valence-corrected chi connectivity index (χ4v) is 3.08. The van der Waals surface area contributed by atoms with Crippen LogP contribution in [0.25, 0.3) is 11.0 Å². The van der Waals surface area contributed by atoms with Crippen LogP contribution in [0.3, 0.4) is 0 Å². The first-order valence-electron chi connectivity index (χ1n) is 8.29. The molecule has 1 aromatic heterocycles. The average molecular weight is 332 g/mol. The summed E-state index contributed by atoms with van der Waals surface area (Å²) in [4.78, 5) is 15.0. The van der Waals surface area contributed by atoms with Gasteiger partial charge in [-0.1, -0.05) is 18.2 Å². The van der Waals surface area contributed by atoms with Crippen molar-refractivity contribution in [2.75, 3.05) is 40.0 Å². The smallest absolute Gasteiger partial charge is 0.287 e. The maximum absolute atomic E-state index is 12.7. The Kier molecular flexibility index (Phi) is 5.50. The molecule has 0 spiro atoms. The monoisotopic (exact) mass is 332 g/mol. The predicted octanol–water partition coefficient (Wildman–Crippen LogP) is 2.03. The Morgan fingerprint density at radius 2 is 2.08 bits per heavy atom. The molecule has 1 atom stereocenters. The molecule has 0 bridgehead atoms. The Morgan fingerprint density at radius 3 is 2.83 bits per heavy atom. The van der Waals surface area contributed by atoms with Crippen molar-refractivity contribution < 1.29 is 18.7 Å². The number of hydrogen-bond acceptors (Lipinski definition) is 5. The van der Waals surface area contributed by atoms with Crippen LogP contribution < -0.4 is 5.32 Å². The van der Waals surface area contributed by atoms with Crippen LogP contribution in [-0.2, 0) is 16.1 Å². The molecule has 1 aliphatic rings. The zero-order chi connectivity index (χ0) is 16.9. The molecule has 2 aromatic rings. The van der Waals surface area contributed by atoms with Crippen molar-refractivity contribution in [3.8, 4) is 0 Å². The SMILES string of the molecule is COCc1c(C(=O)N[C@H](C)CN2CCOCC2)oc2ccccc12. The van der Waals surface area contributed by atoms with Gasteiger partial charge in [0.25, 0.3) is 5.91 Å². The number of methoxy groups -OCH3 is 1. The van der Waals surface area contributed by atoms with Gasteiger partial charge in [-0.15, -0.1) is 0 Å². The molecule has 1 aromatic carbocycles. The van der Waals surface area contributed by atoms with E-state index in [0.717, 1.165) is 43.8 Å². The maximum Gasteiger partial charge on any atom is 0.287 e. The minimum atomic E-state index is -0.195. The highest BCUT2D eigenvalue weighted by molar-refractivity contribution is 5.99. The molecule has 1 fully saturated rings. The number of nitrogens with zero attached hydrogens (tertiary/aromatic N) is 1. The summed E-state index contributed by atoms with van der Waals surface area (Å²) in [5, 5.41) is 3.95. The fraction of sp³-hybridized carbons (Fsp3) is 0.500. The van der Waals surface area contributed by atoms with Crippen LogP contribution in [-0.4, -0.2) is 56.8 Å². The summed E-state index contributed by atoms with van der Waals surface area (Å²) in [6.45, 7) is 6.46. The maximum atomic E-state index is 12.7. The highest BCUT2D eigenvalue weighted by atomic mass is 16.5. The van der Waals surface area contributed by atoms with Crippen molar-refractivity contribution in [1.82, 2.24) is 10.2 Å². The third kappa shape index (κ3) is 3.77. The molecule has 1 N–H and O–H groups in total. The van der Waals surface area contributed by atoms with Crippen molar-refractivity contribution in [3.05, 3.63) is 35.6 Å². The minimum absolute atomic E-state index is 0.0270. The molecule has 130 valence electrons. The zero-order valence-corrected chi connectivity index (χ0v) is 14.2. The third-order valence-electron chi connectivity index (χ3n) is 4.21. The van der Waals surface area contributed by atoms with E-state index < -0.39 is 0 Å². The summed E-state index contributed by atoms with van der Waals surface area (Å²) < 4.78 is 16.4. The van der Waals surface area contributed by atoms with Crippen LogP contribution in [0.15, 0.2) is 28.7 Å². The molecule has 0 radical (unpaired) electrons.